The maximum absolute atomic E-state index is 12.0. The zero-order valence-corrected chi connectivity index (χ0v) is 11.5. The Balaban J connectivity index is 2.39. The number of carbonyl (C=O) groups is 1. The highest BCUT2D eigenvalue weighted by Gasteiger charge is 2.68. The summed E-state index contributed by atoms with van der Waals surface area (Å²) in [4.78, 5) is 12.0. The zero-order valence-electron chi connectivity index (χ0n) is 11.5. The predicted octanol–water partition coefficient (Wildman–Crippen LogP) is 1.78. The predicted molar refractivity (Wildman–Crippen MR) is 67.2 cm³/mol. The molecule has 16 heavy (non-hydrogen) atoms. The zero-order chi connectivity index (χ0) is 12.6. The van der Waals surface area contributed by atoms with E-state index in [-0.39, 0.29) is 22.7 Å². The molecule has 0 aromatic rings. The van der Waals surface area contributed by atoms with E-state index in [0.29, 0.717) is 6.04 Å². The van der Waals surface area contributed by atoms with Gasteiger partial charge in [-0.05, 0) is 24.3 Å². The van der Waals surface area contributed by atoms with E-state index < -0.39 is 0 Å². The van der Waals surface area contributed by atoms with Gasteiger partial charge in [-0.1, -0.05) is 34.6 Å². The van der Waals surface area contributed by atoms with Gasteiger partial charge in [-0.3, -0.25) is 4.79 Å². The smallest absolute Gasteiger partial charge is 0.224 e. The number of hydrogen-bond acceptors (Lipinski definition) is 2. The molecule has 3 nitrogen and oxygen atoms in total. The summed E-state index contributed by atoms with van der Waals surface area (Å²) in [5.74, 6) is 0.369. The molecule has 0 radical (unpaired) electrons. The second-order valence-electron chi connectivity index (χ2n) is 6.08. The van der Waals surface area contributed by atoms with Gasteiger partial charge in [0.1, 0.15) is 0 Å². The van der Waals surface area contributed by atoms with Crippen molar-refractivity contribution in [3.8, 4) is 0 Å². The van der Waals surface area contributed by atoms with Gasteiger partial charge in [0.25, 0.3) is 0 Å². The topological polar surface area (TPSA) is 41.1 Å². The lowest BCUT2D eigenvalue weighted by atomic mass is 10.0. The Bertz CT molecular complexity index is 257. The van der Waals surface area contributed by atoms with Gasteiger partial charge in [-0.25, -0.2) is 0 Å². The molecule has 1 amide bonds. The van der Waals surface area contributed by atoms with E-state index in [1.54, 1.807) is 0 Å². The molecule has 1 aliphatic rings. The fourth-order valence-corrected chi connectivity index (χ4v) is 2.63. The Morgan fingerprint density at radius 2 is 1.75 bits per heavy atom. The Hall–Kier alpha value is -0.570. The van der Waals surface area contributed by atoms with Gasteiger partial charge in [-0.2, -0.15) is 0 Å². The molecular weight excluding hydrogens is 200 g/mol. The van der Waals surface area contributed by atoms with Crippen LogP contribution in [0, 0.1) is 16.7 Å². The van der Waals surface area contributed by atoms with E-state index in [4.69, 9.17) is 0 Å². The summed E-state index contributed by atoms with van der Waals surface area (Å²) in [5, 5.41) is 6.33. The Morgan fingerprint density at radius 1 is 1.25 bits per heavy atom. The largest absolute Gasteiger partial charge is 0.354 e. The van der Waals surface area contributed by atoms with Crippen LogP contribution in [0.2, 0.25) is 0 Å². The van der Waals surface area contributed by atoms with Crippen molar-refractivity contribution in [1.29, 1.82) is 0 Å². The second-order valence-corrected chi connectivity index (χ2v) is 6.08. The van der Waals surface area contributed by atoms with Crippen molar-refractivity contribution in [3.05, 3.63) is 0 Å². The third-order valence-electron chi connectivity index (χ3n) is 4.42. The molecule has 2 N–H and O–H groups in total. The average Bonchev–Trinajstić information content (AvgIpc) is 2.54. The molecule has 0 bridgehead atoms. The number of rotatable bonds is 5. The van der Waals surface area contributed by atoms with Crippen molar-refractivity contribution in [2.75, 3.05) is 13.1 Å². The maximum Gasteiger partial charge on any atom is 0.224 e. The lowest BCUT2D eigenvalue weighted by Gasteiger charge is -2.13. The van der Waals surface area contributed by atoms with Gasteiger partial charge in [0, 0.05) is 18.5 Å². The number of amides is 1. The van der Waals surface area contributed by atoms with Gasteiger partial charge in [0.15, 0.2) is 0 Å². The molecule has 0 aromatic heterocycles. The number of carbonyl (C=O) groups excluding carboxylic acids is 1. The molecule has 1 rings (SSSR count). The van der Waals surface area contributed by atoms with E-state index in [2.05, 4.69) is 52.2 Å². The molecule has 0 spiro atoms. The van der Waals surface area contributed by atoms with Crippen molar-refractivity contribution in [3.63, 3.8) is 0 Å². The van der Waals surface area contributed by atoms with Crippen LogP contribution in [0.3, 0.4) is 0 Å². The Labute approximate surface area is 99.4 Å². The van der Waals surface area contributed by atoms with E-state index in [9.17, 15) is 4.79 Å². The summed E-state index contributed by atoms with van der Waals surface area (Å²) in [7, 11) is 0. The van der Waals surface area contributed by atoms with Crippen LogP contribution in [0.1, 0.15) is 41.5 Å². The van der Waals surface area contributed by atoms with Gasteiger partial charge in [-0.15, -0.1) is 0 Å². The molecule has 0 aliphatic heterocycles. The SMILES string of the molecule is CCN[C@H](C)CNC(=O)C1C(C)(C)C1(C)C. The van der Waals surface area contributed by atoms with Crippen LogP contribution in [0.4, 0.5) is 0 Å². The highest BCUT2D eigenvalue weighted by atomic mass is 16.2. The summed E-state index contributed by atoms with van der Waals surface area (Å²) in [5.41, 5.74) is 0.275. The van der Waals surface area contributed by atoms with E-state index in [1.165, 1.54) is 0 Å². The number of hydrogen-bond donors (Lipinski definition) is 2. The van der Waals surface area contributed by atoms with E-state index in [1.807, 2.05) is 0 Å². The molecule has 1 saturated carbocycles. The third-order valence-corrected chi connectivity index (χ3v) is 4.42. The van der Waals surface area contributed by atoms with E-state index >= 15 is 0 Å². The highest BCUT2D eigenvalue weighted by Crippen LogP contribution is 2.68. The molecule has 1 fully saturated rings. The first-order valence-corrected chi connectivity index (χ1v) is 6.26. The van der Waals surface area contributed by atoms with Crippen LogP contribution < -0.4 is 10.6 Å². The van der Waals surface area contributed by atoms with Crippen molar-refractivity contribution >= 4 is 5.91 Å². The molecular formula is C13H26N2O. The van der Waals surface area contributed by atoms with Gasteiger partial charge in [0.2, 0.25) is 5.91 Å². The van der Waals surface area contributed by atoms with Crippen LogP contribution in [0.15, 0.2) is 0 Å². The maximum atomic E-state index is 12.0. The first-order chi connectivity index (χ1) is 7.25. The highest BCUT2D eigenvalue weighted by molar-refractivity contribution is 5.84. The molecule has 1 aliphatic carbocycles. The quantitative estimate of drug-likeness (QED) is 0.750. The van der Waals surface area contributed by atoms with Gasteiger partial charge in [0.05, 0.1) is 0 Å². The lowest BCUT2D eigenvalue weighted by molar-refractivity contribution is -0.123. The van der Waals surface area contributed by atoms with Gasteiger partial charge < -0.3 is 10.6 Å². The molecule has 3 heteroatoms. The summed E-state index contributed by atoms with van der Waals surface area (Å²) >= 11 is 0. The van der Waals surface area contributed by atoms with Crippen molar-refractivity contribution < 1.29 is 4.79 Å². The summed E-state index contributed by atoms with van der Waals surface area (Å²) in [6.45, 7) is 14.5. The first kappa shape index (κ1) is 13.5. The van der Waals surface area contributed by atoms with Crippen LogP contribution in [0.5, 0.6) is 0 Å². The van der Waals surface area contributed by atoms with Crippen molar-refractivity contribution in [2.24, 2.45) is 16.7 Å². The molecule has 0 aromatic carbocycles. The normalized spacial score (nSPS) is 23.9. The molecule has 94 valence electrons. The Kier molecular flexibility index (Phi) is 3.68. The minimum Gasteiger partial charge on any atom is -0.354 e. The molecule has 1 atom stereocenters. The number of nitrogens with one attached hydrogen (secondary N) is 2. The van der Waals surface area contributed by atoms with E-state index in [0.717, 1.165) is 13.1 Å². The minimum absolute atomic E-state index is 0.137. The summed E-state index contributed by atoms with van der Waals surface area (Å²) in [6.07, 6.45) is 0. The van der Waals surface area contributed by atoms with Crippen molar-refractivity contribution in [1.82, 2.24) is 10.6 Å². The van der Waals surface area contributed by atoms with Crippen LogP contribution >= 0.6 is 0 Å². The fourth-order valence-electron chi connectivity index (χ4n) is 2.63. The second kappa shape index (κ2) is 4.36. The molecule has 0 heterocycles. The number of likely N-dealkylation sites (N-methyl/N-ethyl adjacent to an activating group) is 1. The molecule has 0 saturated heterocycles. The van der Waals surface area contributed by atoms with Crippen LogP contribution in [0.25, 0.3) is 0 Å². The van der Waals surface area contributed by atoms with Gasteiger partial charge >= 0.3 is 0 Å². The fraction of sp³-hybridized carbons (Fsp3) is 0.923. The van der Waals surface area contributed by atoms with Crippen LogP contribution in [-0.4, -0.2) is 25.0 Å². The summed E-state index contributed by atoms with van der Waals surface area (Å²) in [6, 6.07) is 0.346. The lowest BCUT2D eigenvalue weighted by Crippen LogP contribution is -2.40. The standard InChI is InChI=1S/C13H26N2O/c1-7-14-9(2)8-15-11(16)10-12(3,4)13(10,5)6/h9-10,14H,7-8H2,1-6H3,(H,15,16)/t9-/m1/s1. The van der Waals surface area contributed by atoms with Crippen molar-refractivity contribution in [2.45, 2.75) is 47.6 Å². The third kappa shape index (κ3) is 2.24. The minimum atomic E-state index is 0.137. The average molecular weight is 226 g/mol. The molecule has 0 unspecified atom stereocenters. The monoisotopic (exact) mass is 226 g/mol. The first-order valence-electron chi connectivity index (χ1n) is 6.26. The summed E-state index contributed by atoms with van der Waals surface area (Å²) < 4.78 is 0. The van der Waals surface area contributed by atoms with Crippen LogP contribution in [-0.2, 0) is 4.79 Å². The Morgan fingerprint density at radius 3 is 2.12 bits per heavy atom.